The molecule has 0 radical (unpaired) electrons. The number of rotatable bonds is 16. The first-order chi connectivity index (χ1) is 18.7. The summed E-state index contributed by atoms with van der Waals surface area (Å²) < 4.78 is 0. The monoisotopic (exact) mass is 565 g/mol. The number of benzene rings is 1. The van der Waals surface area contributed by atoms with Gasteiger partial charge in [0.05, 0.1) is 12.6 Å². The molecule has 0 saturated carbocycles. The summed E-state index contributed by atoms with van der Waals surface area (Å²) in [6.07, 6.45) is -0.180. The number of carbonyl (C=O) groups is 6. The third-order valence-electron chi connectivity index (χ3n) is 5.79. The highest BCUT2D eigenvalue weighted by Crippen LogP contribution is 2.14. The van der Waals surface area contributed by atoms with Crippen molar-refractivity contribution in [2.24, 2.45) is 17.6 Å². The minimum absolute atomic E-state index is 0.0607. The molecule has 40 heavy (non-hydrogen) atoms. The third-order valence-corrected chi connectivity index (χ3v) is 5.79. The summed E-state index contributed by atoms with van der Waals surface area (Å²) in [7, 11) is 0. The summed E-state index contributed by atoms with van der Waals surface area (Å²) in [5, 5.41) is 37.4. The zero-order chi connectivity index (χ0) is 30.6. The van der Waals surface area contributed by atoms with E-state index in [2.05, 4.69) is 21.3 Å². The van der Waals surface area contributed by atoms with Gasteiger partial charge < -0.3 is 42.3 Å². The fourth-order valence-electron chi connectivity index (χ4n) is 3.64. The van der Waals surface area contributed by atoms with Crippen molar-refractivity contribution >= 4 is 41.3 Å². The van der Waals surface area contributed by atoms with Crippen LogP contribution in [0.5, 0.6) is 0 Å². The molecule has 14 nitrogen and oxygen atoms in total. The molecule has 0 heterocycles. The predicted octanol–water partition coefficient (Wildman–Crippen LogP) is 0.300. The number of amides is 4. The van der Waals surface area contributed by atoms with Crippen LogP contribution in [0.25, 0.3) is 0 Å². The van der Waals surface area contributed by atoms with E-state index in [4.69, 9.17) is 10.8 Å². The summed E-state index contributed by atoms with van der Waals surface area (Å²) in [6, 6.07) is -0.00149. The lowest BCUT2D eigenvalue weighted by Gasteiger charge is -2.26. The number of ketones is 1. The number of nitrogens with one attached hydrogen (secondary N) is 4. The summed E-state index contributed by atoms with van der Waals surface area (Å²) >= 11 is 0. The van der Waals surface area contributed by atoms with Gasteiger partial charge in [-0.2, -0.15) is 0 Å². The largest absolute Gasteiger partial charge is 0.481 e. The van der Waals surface area contributed by atoms with E-state index in [1.165, 1.54) is 24.3 Å². The van der Waals surface area contributed by atoms with Gasteiger partial charge in [0.25, 0.3) is 0 Å². The van der Waals surface area contributed by atoms with E-state index in [0.717, 1.165) is 0 Å². The van der Waals surface area contributed by atoms with Gasteiger partial charge in [0.15, 0.2) is 5.78 Å². The van der Waals surface area contributed by atoms with Gasteiger partial charge in [-0.1, -0.05) is 39.8 Å². The minimum atomic E-state index is -1.46. The highest BCUT2D eigenvalue weighted by molar-refractivity contribution is 6.02. The summed E-state index contributed by atoms with van der Waals surface area (Å²) in [5.74, 6) is -4.90. The molecule has 1 aromatic rings. The van der Waals surface area contributed by atoms with Crippen molar-refractivity contribution in [1.29, 1.82) is 0 Å². The number of carboxylic acid groups (broad SMARTS) is 2. The lowest BCUT2D eigenvalue weighted by atomic mass is 10.00. The van der Waals surface area contributed by atoms with Gasteiger partial charge in [-0.05, 0) is 36.8 Å². The van der Waals surface area contributed by atoms with Crippen LogP contribution in [-0.4, -0.2) is 81.7 Å². The molecule has 1 rings (SSSR count). The fourth-order valence-corrected chi connectivity index (χ4v) is 3.64. The third kappa shape index (κ3) is 11.4. The smallest absolute Gasteiger partial charge is 0.326 e. The van der Waals surface area contributed by atoms with Crippen molar-refractivity contribution in [3.8, 4) is 0 Å². The summed E-state index contributed by atoms with van der Waals surface area (Å²) in [6.45, 7) is 6.04. The van der Waals surface area contributed by atoms with Crippen LogP contribution < -0.4 is 27.0 Å². The van der Waals surface area contributed by atoms with Gasteiger partial charge >= 0.3 is 18.0 Å². The first-order valence-electron chi connectivity index (χ1n) is 12.8. The van der Waals surface area contributed by atoms with Gasteiger partial charge in [0, 0.05) is 17.7 Å². The molecule has 0 aliphatic heterocycles. The topological polar surface area (TPSA) is 237 Å². The first kappa shape index (κ1) is 34.0. The molecule has 4 atom stereocenters. The van der Waals surface area contributed by atoms with Gasteiger partial charge in [0.2, 0.25) is 11.8 Å². The quantitative estimate of drug-likeness (QED) is 0.128. The Kier molecular flexibility index (Phi) is 13.7. The maximum atomic E-state index is 12.8. The zero-order valence-electron chi connectivity index (χ0n) is 23.0. The van der Waals surface area contributed by atoms with Crippen molar-refractivity contribution in [2.75, 3.05) is 11.9 Å². The van der Waals surface area contributed by atoms with E-state index in [-0.39, 0.29) is 36.4 Å². The molecule has 222 valence electrons. The van der Waals surface area contributed by atoms with Gasteiger partial charge in [0.1, 0.15) is 18.1 Å². The normalized spacial score (nSPS) is 14.0. The van der Waals surface area contributed by atoms with E-state index >= 15 is 0 Å². The number of hydrogen-bond acceptors (Lipinski definition) is 8. The highest BCUT2D eigenvalue weighted by Gasteiger charge is 2.31. The molecule has 0 aromatic heterocycles. The number of carbonyl (C=O) groups excluding carboxylic acids is 4. The van der Waals surface area contributed by atoms with Crippen LogP contribution in [-0.2, 0) is 19.2 Å². The van der Waals surface area contributed by atoms with E-state index in [0.29, 0.717) is 0 Å². The summed E-state index contributed by atoms with van der Waals surface area (Å²) in [4.78, 5) is 72.9. The number of hydrogen-bond donors (Lipinski definition) is 8. The molecule has 0 saturated heterocycles. The number of urea groups is 1. The van der Waals surface area contributed by atoms with Crippen LogP contribution in [0, 0.1) is 11.8 Å². The van der Waals surface area contributed by atoms with Crippen molar-refractivity contribution in [3.05, 3.63) is 29.8 Å². The number of carboxylic acids is 2. The molecule has 1 aromatic carbocycles. The highest BCUT2D eigenvalue weighted by atomic mass is 16.4. The summed E-state index contributed by atoms with van der Waals surface area (Å²) in [5.41, 5.74) is 6.07. The molecule has 0 fully saturated rings. The van der Waals surface area contributed by atoms with Crippen LogP contribution in [0.2, 0.25) is 0 Å². The Hall–Kier alpha value is -4.04. The van der Waals surface area contributed by atoms with Gasteiger partial charge in [-0.3, -0.25) is 19.2 Å². The molecule has 0 aliphatic carbocycles. The maximum Gasteiger partial charge on any atom is 0.326 e. The van der Waals surface area contributed by atoms with Crippen molar-refractivity contribution < 1.29 is 44.1 Å². The number of aliphatic carboxylic acids is 2. The van der Waals surface area contributed by atoms with Crippen molar-refractivity contribution in [1.82, 2.24) is 16.0 Å². The second-order valence-corrected chi connectivity index (χ2v) is 10.1. The number of Topliss-reactive ketones (excluding diaryl/α,β-unsaturated/α-hetero) is 1. The average molecular weight is 566 g/mol. The molecule has 4 amide bonds. The molecule has 0 spiro atoms. The minimum Gasteiger partial charge on any atom is -0.481 e. The SMILES string of the molecule is CC(C)C[C@H](NC(=O)[C@H](CO)NC(=O)Nc1cccc(C(=O)[C@@H](N)CCC(=O)O)c1)C(=O)N[C@H](C(=O)O)C(C)C. The Morgan fingerprint density at radius 3 is 2.05 bits per heavy atom. The van der Waals surface area contributed by atoms with Gasteiger partial charge in [-0.15, -0.1) is 0 Å². The Morgan fingerprint density at radius 2 is 1.52 bits per heavy atom. The van der Waals surface area contributed by atoms with E-state index < -0.39 is 72.3 Å². The Labute approximate surface area is 232 Å². The molecule has 0 bridgehead atoms. The Morgan fingerprint density at radius 1 is 0.900 bits per heavy atom. The average Bonchev–Trinajstić information content (AvgIpc) is 2.87. The molecule has 0 aliphatic rings. The lowest BCUT2D eigenvalue weighted by Crippen LogP contribution is -2.57. The fraction of sp³-hybridized carbons (Fsp3) is 0.538. The van der Waals surface area contributed by atoms with Crippen molar-refractivity contribution in [3.63, 3.8) is 0 Å². The number of aliphatic hydroxyl groups is 1. The van der Waals surface area contributed by atoms with E-state index in [1.807, 2.05) is 0 Å². The number of nitrogens with two attached hydrogens (primary N) is 1. The van der Waals surface area contributed by atoms with Crippen LogP contribution in [0.3, 0.4) is 0 Å². The van der Waals surface area contributed by atoms with E-state index in [1.54, 1.807) is 27.7 Å². The standard InChI is InChI=1S/C26H39N5O9/c1-13(2)10-18(23(36)31-21(14(3)4)25(38)39)29-24(37)19(12-32)30-26(40)28-16-7-5-6-15(11-16)22(35)17(27)8-9-20(33)34/h5-7,11,13-14,17-19,21,32H,8-10,12,27H2,1-4H3,(H,29,37)(H,31,36)(H,33,34)(H,38,39)(H2,28,30,40)/t17-,18-,19-,21-/m0/s1. The van der Waals surface area contributed by atoms with Crippen LogP contribution in [0.15, 0.2) is 24.3 Å². The predicted molar refractivity (Wildman–Crippen MR) is 144 cm³/mol. The second kappa shape index (κ2) is 16.2. The van der Waals surface area contributed by atoms with Gasteiger partial charge in [-0.25, -0.2) is 9.59 Å². The molecule has 14 heteroatoms. The Balaban J connectivity index is 2.89. The number of anilines is 1. The van der Waals surface area contributed by atoms with Crippen LogP contribution >= 0.6 is 0 Å². The maximum absolute atomic E-state index is 12.8. The number of aliphatic hydroxyl groups excluding tert-OH is 1. The van der Waals surface area contributed by atoms with Crippen LogP contribution in [0.1, 0.15) is 57.3 Å². The van der Waals surface area contributed by atoms with Crippen LogP contribution in [0.4, 0.5) is 10.5 Å². The molecular weight excluding hydrogens is 526 g/mol. The Bertz CT molecular complexity index is 1080. The lowest BCUT2D eigenvalue weighted by molar-refractivity contribution is -0.143. The molecule has 9 N–H and O–H groups in total. The first-order valence-corrected chi connectivity index (χ1v) is 12.8. The van der Waals surface area contributed by atoms with E-state index in [9.17, 15) is 39.0 Å². The van der Waals surface area contributed by atoms with Crippen molar-refractivity contribution in [2.45, 2.75) is 71.1 Å². The second-order valence-electron chi connectivity index (χ2n) is 10.1. The molecular formula is C26H39N5O9. The zero-order valence-corrected chi connectivity index (χ0v) is 23.0. The molecule has 0 unspecified atom stereocenters.